The molecule has 90 valence electrons. The van der Waals surface area contributed by atoms with Crippen LogP contribution in [0.25, 0.3) is 0 Å². The van der Waals surface area contributed by atoms with Gasteiger partial charge in [0.05, 0.1) is 0 Å². The molecule has 0 aromatic heterocycles. The lowest BCUT2D eigenvalue weighted by Crippen LogP contribution is -2.11. The molecule has 2 aromatic rings. The molecule has 18 heavy (non-hydrogen) atoms. The summed E-state index contributed by atoms with van der Waals surface area (Å²) in [5.41, 5.74) is 3.14. The molecule has 0 aliphatic carbocycles. The van der Waals surface area contributed by atoms with Crippen molar-refractivity contribution in [2.24, 2.45) is 0 Å². The maximum absolute atomic E-state index is 5.94. The molecule has 0 N–H and O–H groups in total. The standard InChI is InChI=1S/C16H17BO/c1-12(2)15-10-14(8-9-16(15)17)18-11-13-6-4-3-5-7-13/h3-10,12H,11H2,1-2H3. The van der Waals surface area contributed by atoms with Crippen LogP contribution < -0.4 is 10.2 Å². The highest BCUT2D eigenvalue weighted by Gasteiger charge is 2.05. The minimum atomic E-state index is 0.408. The molecule has 0 unspecified atom stereocenters. The lowest BCUT2D eigenvalue weighted by atomic mass is 9.85. The van der Waals surface area contributed by atoms with Gasteiger partial charge >= 0.3 is 0 Å². The molecule has 0 aliphatic heterocycles. The van der Waals surface area contributed by atoms with Crippen LogP contribution in [0.5, 0.6) is 5.75 Å². The van der Waals surface area contributed by atoms with Gasteiger partial charge in [0.25, 0.3) is 0 Å². The smallest absolute Gasteiger partial charge is 0.120 e. The molecule has 0 bridgehead atoms. The van der Waals surface area contributed by atoms with Crippen LogP contribution in [0.15, 0.2) is 48.5 Å². The molecule has 0 saturated carbocycles. The van der Waals surface area contributed by atoms with Crippen molar-refractivity contribution in [2.45, 2.75) is 26.4 Å². The highest BCUT2D eigenvalue weighted by Crippen LogP contribution is 2.19. The lowest BCUT2D eigenvalue weighted by Gasteiger charge is -2.13. The quantitative estimate of drug-likeness (QED) is 0.741. The summed E-state index contributed by atoms with van der Waals surface area (Å²) in [7, 11) is 5.94. The monoisotopic (exact) mass is 236 g/mol. The third-order valence-corrected chi connectivity index (χ3v) is 2.93. The van der Waals surface area contributed by atoms with E-state index in [1.54, 1.807) is 0 Å². The molecule has 1 nitrogen and oxygen atoms in total. The predicted molar refractivity (Wildman–Crippen MR) is 76.7 cm³/mol. The van der Waals surface area contributed by atoms with Gasteiger partial charge in [0.15, 0.2) is 0 Å². The number of rotatable bonds is 4. The summed E-state index contributed by atoms with van der Waals surface area (Å²) >= 11 is 0. The molecule has 0 heterocycles. The molecule has 0 spiro atoms. The van der Waals surface area contributed by atoms with Gasteiger partial charge in [-0.25, -0.2) is 0 Å². The van der Waals surface area contributed by atoms with E-state index < -0.39 is 0 Å². The van der Waals surface area contributed by atoms with E-state index in [9.17, 15) is 0 Å². The highest BCUT2D eigenvalue weighted by atomic mass is 16.5. The van der Waals surface area contributed by atoms with Gasteiger partial charge in [0, 0.05) is 0 Å². The summed E-state index contributed by atoms with van der Waals surface area (Å²) in [6, 6.07) is 16.0. The zero-order valence-corrected chi connectivity index (χ0v) is 10.9. The fourth-order valence-corrected chi connectivity index (χ4v) is 1.88. The van der Waals surface area contributed by atoms with Crippen LogP contribution in [-0.4, -0.2) is 7.85 Å². The maximum Gasteiger partial charge on any atom is 0.120 e. The van der Waals surface area contributed by atoms with Crippen molar-refractivity contribution in [3.05, 3.63) is 59.7 Å². The molecule has 0 amide bonds. The Bertz CT molecular complexity index is 506. The van der Waals surface area contributed by atoms with Gasteiger partial charge < -0.3 is 4.74 Å². The summed E-state index contributed by atoms with van der Waals surface area (Å²) < 4.78 is 5.78. The summed E-state index contributed by atoms with van der Waals surface area (Å²) in [5, 5.41) is 0. The Labute approximate surface area is 110 Å². The van der Waals surface area contributed by atoms with Crippen LogP contribution in [0.1, 0.15) is 30.9 Å². The van der Waals surface area contributed by atoms with Crippen LogP contribution in [0.3, 0.4) is 0 Å². The second-order valence-electron chi connectivity index (χ2n) is 4.72. The van der Waals surface area contributed by atoms with Gasteiger partial charge in [-0.05, 0) is 29.2 Å². The topological polar surface area (TPSA) is 9.23 Å². The van der Waals surface area contributed by atoms with Gasteiger partial charge in [-0.2, -0.15) is 0 Å². The van der Waals surface area contributed by atoms with E-state index in [0.29, 0.717) is 12.5 Å². The van der Waals surface area contributed by atoms with E-state index in [1.807, 2.05) is 36.4 Å². The van der Waals surface area contributed by atoms with E-state index in [2.05, 4.69) is 26.0 Å². The fourth-order valence-electron chi connectivity index (χ4n) is 1.88. The van der Waals surface area contributed by atoms with Gasteiger partial charge in [0.2, 0.25) is 0 Å². The molecular formula is C16H17BO. The molecule has 2 heteroatoms. The van der Waals surface area contributed by atoms with Crippen LogP contribution in [0.4, 0.5) is 0 Å². The van der Waals surface area contributed by atoms with Crippen molar-refractivity contribution in [2.75, 3.05) is 0 Å². The Balaban J connectivity index is 2.08. The zero-order chi connectivity index (χ0) is 13.0. The number of hydrogen-bond acceptors (Lipinski definition) is 1. The first-order valence-electron chi connectivity index (χ1n) is 6.23. The Morgan fingerprint density at radius 2 is 1.78 bits per heavy atom. The fraction of sp³-hybridized carbons (Fsp3) is 0.250. The first-order chi connectivity index (χ1) is 8.66. The third-order valence-electron chi connectivity index (χ3n) is 2.93. The van der Waals surface area contributed by atoms with Gasteiger partial charge in [-0.1, -0.05) is 55.7 Å². The Morgan fingerprint density at radius 1 is 1.06 bits per heavy atom. The molecular weight excluding hydrogens is 219 g/mol. The van der Waals surface area contributed by atoms with Gasteiger partial charge in [0.1, 0.15) is 20.2 Å². The van der Waals surface area contributed by atoms with Crippen molar-refractivity contribution in [1.29, 1.82) is 0 Å². The zero-order valence-electron chi connectivity index (χ0n) is 10.9. The van der Waals surface area contributed by atoms with Crippen molar-refractivity contribution in [1.82, 2.24) is 0 Å². The van der Waals surface area contributed by atoms with Crippen LogP contribution >= 0.6 is 0 Å². The predicted octanol–water partition coefficient (Wildman–Crippen LogP) is 3.18. The van der Waals surface area contributed by atoms with E-state index in [4.69, 9.17) is 12.6 Å². The Hall–Kier alpha value is -1.70. The largest absolute Gasteiger partial charge is 0.489 e. The van der Waals surface area contributed by atoms with Crippen LogP contribution in [-0.2, 0) is 6.61 Å². The molecule has 2 aromatic carbocycles. The SMILES string of the molecule is [B]c1ccc(OCc2ccccc2)cc1C(C)C. The summed E-state index contributed by atoms with van der Waals surface area (Å²) in [4.78, 5) is 0. The first kappa shape index (κ1) is 12.8. The normalized spacial score (nSPS) is 10.6. The molecule has 0 fully saturated rings. The molecule has 0 saturated heterocycles. The van der Waals surface area contributed by atoms with Gasteiger partial charge in [-0.3, -0.25) is 0 Å². The average molecular weight is 236 g/mol. The molecule has 0 aliphatic rings. The van der Waals surface area contributed by atoms with E-state index in [0.717, 1.165) is 16.8 Å². The summed E-state index contributed by atoms with van der Waals surface area (Å²) in [6.07, 6.45) is 0. The lowest BCUT2D eigenvalue weighted by molar-refractivity contribution is 0.306. The van der Waals surface area contributed by atoms with E-state index >= 15 is 0 Å². The molecule has 2 rings (SSSR count). The minimum absolute atomic E-state index is 0.408. The Morgan fingerprint density at radius 3 is 2.44 bits per heavy atom. The summed E-state index contributed by atoms with van der Waals surface area (Å²) in [5.74, 6) is 1.28. The summed E-state index contributed by atoms with van der Waals surface area (Å²) in [6.45, 7) is 4.85. The minimum Gasteiger partial charge on any atom is -0.489 e. The van der Waals surface area contributed by atoms with E-state index in [1.165, 1.54) is 5.56 Å². The molecule has 0 atom stereocenters. The van der Waals surface area contributed by atoms with E-state index in [-0.39, 0.29) is 0 Å². The second-order valence-corrected chi connectivity index (χ2v) is 4.72. The van der Waals surface area contributed by atoms with Crippen molar-refractivity contribution in [3.8, 4) is 5.75 Å². The maximum atomic E-state index is 5.94. The second kappa shape index (κ2) is 5.77. The number of benzene rings is 2. The van der Waals surface area contributed by atoms with Crippen LogP contribution in [0, 0.1) is 0 Å². The van der Waals surface area contributed by atoms with Crippen molar-refractivity contribution >= 4 is 13.3 Å². The van der Waals surface area contributed by atoms with Crippen molar-refractivity contribution in [3.63, 3.8) is 0 Å². The highest BCUT2D eigenvalue weighted by molar-refractivity contribution is 6.33. The van der Waals surface area contributed by atoms with Crippen LogP contribution in [0.2, 0.25) is 0 Å². The number of ether oxygens (including phenoxy) is 1. The molecule has 2 radical (unpaired) electrons. The van der Waals surface area contributed by atoms with Gasteiger partial charge in [-0.15, -0.1) is 0 Å². The average Bonchev–Trinajstić information content (AvgIpc) is 2.38. The third kappa shape index (κ3) is 3.16. The number of hydrogen-bond donors (Lipinski definition) is 0. The Kier molecular flexibility index (Phi) is 4.09. The van der Waals surface area contributed by atoms with Crippen molar-refractivity contribution < 1.29 is 4.74 Å². The first-order valence-corrected chi connectivity index (χ1v) is 6.23.